The van der Waals surface area contributed by atoms with Crippen LogP contribution in [-0.4, -0.2) is 35.6 Å². The Kier molecular flexibility index (Phi) is 4.50. The third-order valence-electron chi connectivity index (χ3n) is 6.91. The predicted molar refractivity (Wildman–Crippen MR) is 106 cm³/mol. The van der Waals surface area contributed by atoms with Crippen LogP contribution < -0.4 is 4.74 Å². The van der Waals surface area contributed by atoms with Crippen molar-refractivity contribution in [1.82, 2.24) is 0 Å². The van der Waals surface area contributed by atoms with E-state index in [0.717, 1.165) is 27.7 Å². The lowest BCUT2D eigenvalue weighted by Crippen LogP contribution is -2.68. The van der Waals surface area contributed by atoms with E-state index in [-0.39, 0.29) is 30.6 Å². The maximum absolute atomic E-state index is 13.8. The zero-order chi connectivity index (χ0) is 21.5. The molecule has 0 saturated heterocycles. The fourth-order valence-corrected chi connectivity index (χ4v) is 6.82. The standard InChI is InChI=1S/C19H19F2IO7S/c20-19(21,30(24,25)26)16(23)29-17-6-10-4-12(7-17)18(13(5-10)8-17)27-9-11-2-1-3-14(22)15(11)28-18/h1-3,10,12-13H,4-9H2,(H,24,25,26). The van der Waals surface area contributed by atoms with E-state index in [1.54, 1.807) is 0 Å². The van der Waals surface area contributed by atoms with Gasteiger partial charge in [-0.15, -0.1) is 0 Å². The molecule has 0 amide bonds. The third kappa shape index (κ3) is 2.91. The highest BCUT2D eigenvalue weighted by atomic mass is 127. The normalized spacial score (nSPS) is 37.0. The molecular weight excluding hydrogens is 537 g/mol. The van der Waals surface area contributed by atoms with Crippen molar-refractivity contribution in [2.75, 3.05) is 0 Å². The van der Waals surface area contributed by atoms with Crippen LogP contribution >= 0.6 is 22.6 Å². The number of rotatable bonds is 3. The average molecular weight is 556 g/mol. The molecule has 1 aliphatic heterocycles. The van der Waals surface area contributed by atoms with Crippen molar-refractivity contribution in [1.29, 1.82) is 0 Å². The molecular formula is C19H19F2IO7S. The van der Waals surface area contributed by atoms with Crippen molar-refractivity contribution in [2.45, 2.75) is 55.4 Å². The molecule has 4 saturated carbocycles. The van der Waals surface area contributed by atoms with Gasteiger partial charge in [0.1, 0.15) is 11.4 Å². The van der Waals surface area contributed by atoms with E-state index >= 15 is 0 Å². The molecule has 1 aromatic rings. The number of halogens is 3. The molecule has 164 valence electrons. The van der Waals surface area contributed by atoms with E-state index in [1.165, 1.54) is 0 Å². The second-order valence-electron chi connectivity index (χ2n) is 8.75. The number of hydrogen-bond donors (Lipinski definition) is 1. The number of alkyl halides is 2. The van der Waals surface area contributed by atoms with Gasteiger partial charge in [0.2, 0.25) is 5.79 Å². The first-order valence-corrected chi connectivity index (χ1v) is 12.2. The lowest BCUT2D eigenvalue weighted by atomic mass is 9.51. The molecule has 7 nitrogen and oxygen atoms in total. The topological polar surface area (TPSA) is 99.1 Å². The maximum atomic E-state index is 13.8. The Labute approximate surface area is 185 Å². The SMILES string of the molecule is O=C(OC12CC3CC(C1)C1(OCc4cccc(I)c4O1)C(C3)C2)C(F)(F)S(=O)(=O)O. The minimum absolute atomic E-state index is 0.142. The average Bonchev–Trinajstić information content (AvgIpc) is 2.65. The van der Waals surface area contributed by atoms with Crippen LogP contribution in [0.1, 0.15) is 37.7 Å². The Balaban J connectivity index is 1.44. The molecule has 1 N–H and O–H groups in total. The monoisotopic (exact) mass is 556 g/mol. The van der Waals surface area contributed by atoms with Gasteiger partial charge in [-0.1, -0.05) is 12.1 Å². The zero-order valence-corrected chi connectivity index (χ0v) is 18.6. The summed E-state index contributed by atoms with van der Waals surface area (Å²) >= 11 is 2.20. The van der Waals surface area contributed by atoms with Gasteiger partial charge in [-0.2, -0.15) is 17.2 Å². The minimum Gasteiger partial charge on any atom is -0.460 e. The number of hydrogen-bond acceptors (Lipinski definition) is 6. The summed E-state index contributed by atoms with van der Waals surface area (Å²) in [6.07, 6.45) is 2.38. The number of fused-ring (bicyclic) bond motifs is 1. The van der Waals surface area contributed by atoms with Gasteiger partial charge in [0.15, 0.2) is 0 Å². The van der Waals surface area contributed by atoms with Crippen LogP contribution in [0.2, 0.25) is 0 Å². The number of para-hydroxylation sites is 1. The fourth-order valence-electron chi connectivity index (χ4n) is 5.90. The van der Waals surface area contributed by atoms with Crippen LogP contribution in [0.4, 0.5) is 8.78 Å². The Hall–Kier alpha value is -1.05. The molecule has 11 heteroatoms. The van der Waals surface area contributed by atoms with Gasteiger partial charge in [-0.25, -0.2) is 4.79 Å². The molecule has 2 atom stereocenters. The highest BCUT2D eigenvalue weighted by Gasteiger charge is 2.68. The molecule has 4 aliphatic carbocycles. The summed E-state index contributed by atoms with van der Waals surface area (Å²) in [7, 11) is -5.91. The second-order valence-corrected chi connectivity index (χ2v) is 11.4. The predicted octanol–water partition coefficient (Wildman–Crippen LogP) is 3.50. The van der Waals surface area contributed by atoms with E-state index in [9.17, 15) is 22.0 Å². The van der Waals surface area contributed by atoms with Gasteiger partial charge in [0.25, 0.3) is 0 Å². The smallest absolute Gasteiger partial charge is 0.460 e. The molecule has 30 heavy (non-hydrogen) atoms. The summed E-state index contributed by atoms with van der Waals surface area (Å²) in [5, 5.41) is -5.00. The van der Waals surface area contributed by atoms with Crippen molar-refractivity contribution in [3.63, 3.8) is 0 Å². The van der Waals surface area contributed by atoms with Crippen LogP contribution in [0, 0.1) is 21.3 Å². The van der Waals surface area contributed by atoms with Crippen molar-refractivity contribution < 1.29 is 40.8 Å². The molecule has 6 rings (SSSR count). The number of carbonyl (C=O) groups is 1. The van der Waals surface area contributed by atoms with Gasteiger partial charge >= 0.3 is 21.3 Å². The summed E-state index contributed by atoms with van der Waals surface area (Å²) in [6, 6.07) is 5.79. The molecule has 0 radical (unpaired) electrons. The molecule has 4 bridgehead atoms. The summed E-state index contributed by atoms with van der Waals surface area (Å²) in [6.45, 7) is 0.372. The van der Waals surface area contributed by atoms with Crippen molar-refractivity contribution in [2.24, 2.45) is 17.8 Å². The van der Waals surface area contributed by atoms with E-state index < -0.39 is 32.7 Å². The molecule has 2 unspecified atom stereocenters. The number of esters is 1. The van der Waals surface area contributed by atoms with Crippen LogP contribution in [-0.2, 0) is 31.0 Å². The molecule has 0 aromatic heterocycles. The third-order valence-corrected chi connectivity index (χ3v) is 8.57. The van der Waals surface area contributed by atoms with Crippen LogP contribution in [0.5, 0.6) is 5.75 Å². The van der Waals surface area contributed by atoms with Gasteiger partial charge in [0, 0.05) is 17.4 Å². The van der Waals surface area contributed by atoms with Gasteiger partial charge < -0.3 is 14.2 Å². The van der Waals surface area contributed by atoms with E-state index in [4.69, 9.17) is 18.8 Å². The maximum Gasteiger partial charge on any atom is 0.465 e. The minimum atomic E-state index is -5.91. The van der Waals surface area contributed by atoms with Crippen molar-refractivity contribution in [3.05, 3.63) is 27.3 Å². The number of ether oxygens (including phenoxy) is 3. The summed E-state index contributed by atoms with van der Waals surface area (Å²) in [5.74, 6) is -2.59. The first-order valence-electron chi connectivity index (χ1n) is 9.64. The van der Waals surface area contributed by atoms with Crippen LogP contribution in [0.15, 0.2) is 18.2 Å². The molecule has 4 fully saturated rings. The van der Waals surface area contributed by atoms with Crippen LogP contribution in [0.25, 0.3) is 0 Å². The van der Waals surface area contributed by atoms with Crippen molar-refractivity contribution in [3.8, 4) is 5.75 Å². The summed E-state index contributed by atoms with van der Waals surface area (Å²) < 4.78 is 77.0. The number of benzene rings is 1. The number of carbonyl (C=O) groups excluding carboxylic acids is 1. The van der Waals surface area contributed by atoms with Gasteiger partial charge in [-0.05, 0) is 66.7 Å². The van der Waals surface area contributed by atoms with E-state index in [2.05, 4.69) is 22.6 Å². The van der Waals surface area contributed by atoms with Crippen molar-refractivity contribution >= 4 is 38.7 Å². The quantitative estimate of drug-likeness (QED) is 0.346. The largest absolute Gasteiger partial charge is 0.465 e. The Morgan fingerprint density at radius 2 is 1.90 bits per heavy atom. The summed E-state index contributed by atoms with van der Waals surface area (Å²) in [4.78, 5) is 12.0. The first kappa shape index (κ1) is 20.8. The molecule has 1 aromatic carbocycles. The molecule has 1 spiro atoms. The Morgan fingerprint density at radius 3 is 2.53 bits per heavy atom. The first-order chi connectivity index (χ1) is 14.0. The molecule has 5 aliphatic rings. The van der Waals surface area contributed by atoms with E-state index in [0.29, 0.717) is 13.0 Å². The lowest BCUT2D eigenvalue weighted by Gasteiger charge is -2.63. The Bertz CT molecular complexity index is 1010. The fraction of sp³-hybridized carbons (Fsp3) is 0.632. The highest BCUT2D eigenvalue weighted by Crippen LogP contribution is 2.64. The summed E-state index contributed by atoms with van der Waals surface area (Å²) in [5.41, 5.74) is -0.265. The molecule has 1 heterocycles. The highest BCUT2D eigenvalue weighted by molar-refractivity contribution is 14.1. The van der Waals surface area contributed by atoms with E-state index in [1.807, 2.05) is 18.2 Å². The van der Waals surface area contributed by atoms with Gasteiger partial charge in [0.05, 0.1) is 10.2 Å². The lowest BCUT2D eigenvalue weighted by molar-refractivity contribution is -0.337. The second kappa shape index (κ2) is 6.48. The zero-order valence-electron chi connectivity index (χ0n) is 15.6. The Morgan fingerprint density at radius 1 is 1.23 bits per heavy atom. The van der Waals surface area contributed by atoms with Gasteiger partial charge in [-0.3, -0.25) is 4.55 Å². The van der Waals surface area contributed by atoms with Crippen LogP contribution in [0.3, 0.4) is 0 Å².